The number of nitrogens with zero attached hydrogens (tertiary/aromatic N) is 1. The third-order valence-electron chi connectivity index (χ3n) is 1.13. The fourth-order valence-corrected chi connectivity index (χ4v) is 1.11. The first kappa shape index (κ1) is 14.7. The molecule has 1 N–H and O–H groups in total. The number of rotatable bonds is 2. The summed E-state index contributed by atoms with van der Waals surface area (Å²) in [5.74, 6) is 0. The van der Waals surface area contributed by atoms with Gasteiger partial charge in [0.15, 0.2) is 0 Å². The van der Waals surface area contributed by atoms with Gasteiger partial charge >= 0.3 is 0 Å². The van der Waals surface area contributed by atoms with Gasteiger partial charge in [-0.2, -0.15) is 0 Å². The molecule has 70 valence electrons. The lowest BCUT2D eigenvalue weighted by Crippen LogP contribution is -2.06. The number of pyridine rings is 1. The zero-order chi connectivity index (χ0) is 7.40. The summed E-state index contributed by atoms with van der Waals surface area (Å²) in [4.78, 5) is 4.22. The third-order valence-corrected chi connectivity index (χ3v) is 1.57. The summed E-state index contributed by atoms with van der Waals surface area (Å²) in [6.45, 7) is 0.819. The largest absolute Gasteiger partial charge is 0.314 e. The molecule has 5 heteroatoms. The van der Waals surface area contributed by atoms with Crippen molar-refractivity contribution in [3.05, 3.63) is 28.5 Å². The van der Waals surface area contributed by atoms with Crippen molar-refractivity contribution in [2.24, 2.45) is 0 Å². The van der Waals surface area contributed by atoms with Gasteiger partial charge in [0, 0.05) is 6.54 Å². The first-order chi connectivity index (χ1) is 4.83. The SMILES string of the molecule is CNCc1cccc(Br)n1.Cl.Cl. The van der Waals surface area contributed by atoms with Crippen molar-refractivity contribution in [1.82, 2.24) is 10.3 Å². The Morgan fingerprint density at radius 1 is 1.42 bits per heavy atom. The number of halogens is 3. The van der Waals surface area contributed by atoms with E-state index in [9.17, 15) is 0 Å². The van der Waals surface area contributed by atoms with Gasteiger partial charge in [-0.15, -0.1) is 24.8 Å². The predicted octanol–water partition coefficient (Wildman–Crippen LogP) is 2.41. The Hall–Kier alpha value is 0.170. The average Bonchev–Trinajstić information content (AvgIpc) is 1.88. The Morgan fingerprint density at radius 2 is 2.08 bits per heavy atom. The van der Waals surface area contributed by atoms with Gasteiger partial charge in [0.05, 0.1) is 5.69 Å². The fourth-order valence-electron chi connectivity index (χ4n) is 0.730. The van der Waals surface area contributed by atoms with Crippen molar-refractivity contribution in [2.45, 2.75) is 6.54 Å². The molecule has 0 bridgehead atoms. The van der Waals surface area contributed by atoms with Gasteiger partial charge in [-0.3, -0.25) is 0 Å². The lowest BCUT2D eigenvalue weighted by Gasteiger charge is -1.97. The molecule has 0 atom stereocenters. The van der Waals surface area contributed by atoms with E-state index in [1.807, 2.05) is 25.2 Å². The maximum absolute atomic E-state index is 4.22. The average molecular weight is 274 g/mol. The Kier molecular flexibility index (Phi) is 9.54. The minimum absolute atomic E-state index is 0. The Labute approximate surface area is 93.1 Å². The van der Waals surface area contributed by atoms with E-state index >= 15 is 0 Å². The summed E-state index contributed by atoms with van der Waals surface area (Å²) in [5, 5.41) is 3.03. The molecule has 1 heterocycles. The number of nitrogens with one attached hydrogen (secondary N) is 1. The molecule has 1 aromatic rings. The van der Waals surface area contributed by atoms with E-state index in [4.69, 9.17) is 0 Å². The summed E-state index contributed by atoms with van der Waals surface area (Å²) in [6.07, 6.45) is 0. The van der Waals surface area contributed by atoms with E-state index in [1.54, 1.807) is 0 Å². The minimum Gasteiger partial charge on any atom is -0.314 e. The lowest BCUT2D eigenvalue weighted by molar-refractivity contribution is 0.788. The molecule has 0 aromatic carbocycles. The smallest absolute Gasteiger partial charge is 0.106 e. The van der Waals surface area contributed by atoms with Crippen LogP contribution in [0.2, 0.25) is 0 Å². The van der Waals surface area contributed by atoms with Crippen molar-refractivity contribution in [3.63, 3.8) is 0 Å². The fraction of sp³-hybridized carbons (Fsp3) is 0.286. The highest BCUT2D eigenvalue weighted by molar-refractivity contribution is 9.10. The second-order valence-corrected chi connectivity index (χ2v) is 2.79. The highest BCUT2D eigenvalue weighted by atomic mass is 79.9. The molecule has 0 spiro atoms. The van der Waals surface area contributed by atoms with Crippen LogP contribution in [0, 0.1) is 0 Å². The summed E-state index contributed by atoms with van der Waals surface area (Å²) < 4.78 is 0.889. The first-order valence-electron chi connectivity index (χ1n) is 3.09. The predicted molar refractivity (Wildman–Crippen MR) is 59.2 cm³/mol. The molecule has 2 nitrogen and oxygen atoms in total. The molecule has 12 heavy (non-hydrogen) atoms. The van der Waals surface area contributed by atoms with Gasteiger partial charge in [-0.1, -0.05) is 6.07 Å². The summed E-state index contributed by atoms with van der Waals surface area (Å²) in [7, 11) is 1.91. The van der Waals surface area contributed by atoms with E-state index < -0.39 is 0 Å². The van der Waals surface area contributed by atoms with Crippen molar-refractivity contribution < 1.29 is 0 Å². The van der Waals surface area contributed by atoms with Crippen LogP contribution in [0.25, 0.3) is 0 Å². The lowest BCUT2D eigenvalue weighted by atomic mass is 10.3. The summed E-state index contributed by atoms with van der Waals surface area (Å²) in [6, 6.07) is 5.88. The van der Waals surface area contributed by atoms with Crippen LogP contribution in [-0.4, -0.2) is 12.0 Å². The van der Waals surface area contributed by atoms with E-state index in [-0.39, 0.29) is 24.8 Å². The van der Waals surface area contributed by atoms with Crippen molar-refractivity contribution in [1.29, 1.82) is 0 Å². The van der Waals surface area contributed by atoms with Crippen molar-refractivity contribution in [2.75, 3.05) is 7.05 Å². The Morgan fingerprint density at radius 3 is 2.58 bits per heavy atom. The van der Waals surface area contributed by atoms with Crippen LogP contribution in [0.1, 0.15) is 5.69 Å². The molecule has 0 fully saturated rings. The zero-order valence-electron chi connectivity index (χ0n) is 6.58. The number of aromatic nitrogens is 1. The van der Waals surface area contributed by atoms with Crippen LogP contribution in [0.15, 0.2) is 22.8 Å². The third kappa shape index (κ3) is 4.93. The maximum atomic E-state index is 4.22. The molecule has 0 aliphatic carbocycles. The summed E-state index contributed by atoms with van der Waals surface area (Å²) in [5.41, 5.74) is 1.05. The second-order valence-electron chi connectivity index (χ2n) is 1.98. The molecule has 0 aliphatic rings. The van der Waals surface area contributed by atoms with Gasteiger partial charge in [0.1, 0.15) is 4.60 Å². The molecular weight excluding hydrogens is 263 g/mol. The standard InChI is InChI=1S/C7H9BrN2.2ClH/c1-9-5-6-3-2-4-7(8)10-6;;/h2-4,9H,5H2,1H3;2*1H. The monoisotopic (exact) mass is 272 g/mol. The van der Waals surface area contributed by atoms with E-state index in [1.165, 1.54) is 0 Å². The highest BCUT2D eigenvalue weighted by Gasteiger charge is 1.91. The van der Waals surface area contributed by atoms with Crippen LogP contribution in [0.5, 0.6) is 0 Å². The van der Waals surface area contributed by atoms with Crippen LogP contribution < -0.4 is 5.32 Å². The van der Waals surface area contributed by atoms with Crippen molar-refractivity contribution in [3.8, 4) is 0 Å². The van der Waals surface area contributed by atoms with Crippen LogP contribution in [0.4, 0.5) is 0 Å². The van der Waals surface area contributed by atoms with E-state index in [2.05, 4.69) is 26.2 Å². The van der Waals surface area contributed by atoms with Gasteiger partial charge in [-0.05, 0) is 35.1 Å². The van der Waals surface area contributed by atoms with Gasteiger partial charge in [0.25, 0.3) is 0 Å². The van der Waals surface area contributed by atoms with Gasteiger partial charge in [0.2, 0.25) is 0 Å². The quantitative estimate of drug-likeness (QED) is 0.838. The Bertz CT molecular complexity index is 220. The van der Waals surface area contributed by atoms with Crippen LogP contribution in [0.3, 0.4) is 0 Å². The molecule has 0 unspecified atom stereocenters. The molecule has 0 amide bonds. The molecule has 0 saturated carbocycles. The van der Waals surface area contributed by atoms with Gasteiger partial charge < -0.3 is 5.32 Å². The topological polar surface area (TPSA) is 24.9 Å². The Balaban J connectivity index is 0. The second kappa shape index (κ2) is 7.80. The number of hydrogen-bond donors (Lipinski definition) is 1. The maximum Gasteiger partial charge on any atom is 0.106 e. The zero-order valence-corrected chi connectivity index (χ0v) is 9.80. The van der Waals surface area contributed by atoms with Crippen molar-refractivity contribution >= 4 is 40.7 Å². The highest BCUT2D eigenvalue weighted by Crippen LogP contribution is 2.05. The van der Waals surface area contributed by atoms with Crippen LogP contribution >= 0.6 is 40.7 Å². The molecule has 1 rings (SSSR count). The van der Waals surface area contributed by atoms with E-state index in [0.29, 0.717) is 0 Å². The normalized spacial score (nSPS) is 8.17. The van der Waals surface area contributed by atoms with E-state index in [0.717, 1.165) is 16.8 Å². The molecular formula is C7H11BrCl2N2. The first-order valence-corrected chi connectivity index (χ1v) is 3.88. The summed E-state index contributed by atoms with van der Waals surface area (Å²) >= 11 is 3.29. The molecule has 1 aromatic heterocycles. The minimum atomic E-state index is 0. The van der Waals surface area contributed by atoms with Gasteiger partial charge in [-0.25, -0.2) is 4.98 Å². The molecule has 0 radical (unpaired) electrons. The number of hydrogen-bond acceptors (Lipinski definition) is 2. The van der Waals surface area contributed by atoms with Crippen LogP contribution in [-0.2, 0) is 6.54 Å². The molecule has 0 aliphatic heterocycles. The molecule has 0 saturated heterocycles.